The van der Waals surface area contributed by atoms with Gasteiger partial charge in [0, 0.05) is 32.1 Å². The summed E-state index contributed by atoms with van der Waals surface area (Å²) in [5, 5.41) is 6.18. The van der Waals surface area contributed by atoms with Crippen molar-refractivity contribution in [1.82, 2.24) is 14.9 Å². The molecule has 1 aromatic carbocycles. The summed E-state index contributed by atoms with van der Waals surface area (Å²) in [4.78, 5) is 12.4. The van der Waals surface area contributed by atoms with E-state index < -0.39 is 10.0 Å². The zero-order valence-corrected chi connectivity index (χ0v) is 15.4. The van der Waals surface area contributed by atoms with Gasteiger partial charge >= 0.3 is 0 Å². The number of rotatable bonds is 6. The van der Waals surface area contributed by atoms with Gasteiger partial charge in [0.1, 0.15) is 0 Å². The van der Waals surface area contributed by atoms with Crippen molar-refractivity contribution >= 4 is 15.9 Å². The normalized spacial score (nSPS) is 22.0. The van der Waals surface area contributed by atoms with Crippen molar-refractivity contribution in [3.8, 4) is 0 Å². The molecular weight excluding hydrogens is 338 g/mol. The molecule has 0 spiro atoms. The Bertz CT molecular complexity index is 693. The van der Waals surface area contributed by atoms with Gasteiger partial charge in [-0.2, -0.15) is 4.31 Å². The molecule has 0 bridgehead atoms. The summed E-state index contributed by atoms with van der Waals surface area (Å²) in [5.41, 5.74) is 0.654. The second-order valence-electron chi connectivity index (χ2n) is 6.85. The Kier molecular flexibility index (Phi) is 6.09. The molecule has 25 heavy (non-hydrogen) atoms. The first-order chi connectivity index (χ1) is 12.1. The molecule has 0 aliphatic carbocycles. The van der Waals surface area contributed by atoms with Crippen LogP contribution < -0.4 is 10.6 Å². The minimum atomic E-state index is -3.49. The van der Waals surface area contributed by atoms with Crippen LogP contribution in [0.3, 0.4) is 0 Å². The molecular formula is C18H27N3O3S. The summed E-state index contributed by atoms with van der Waals surface area (Å²) >= 11 is 0. The van der Waals surface area contributed by atoms with Crippen molar-refractivity contribution in [2.45, 2.75) is 56.0 Å². The molecule has 2 fully saturated rings. The standard InChI is InChI=1S/C18H27N3O3S/c22-18(13-16-8-6-10-19-16)20-14-15-7-2-3-9-17(15)25(23,24)21-11-4-1-5-12-21/h2-3,7,9,16,19H,1,4-6,8,10-14H2,(H,20,22). The van der Waals surface area contributed by atoms with Gasteiger partial charge in [0.25, 0.3) is 0 Å². The van der Waals surface area contributed by atoms with Gasteiger partial charge in [-0.25, -0.2) is 8.42 Å². The average molecular weight is 365 g/mol. The van der Waals surface area contributed by atoms with E-state index in [0.717, 1.165) is 38.6 Å². The van der Waals surface area contributed by atoms with Crippen LogP contribution in [0.1, 0.15) is 44.1 Å². The summed E-state index contributed by atoms with van der Waals surface area (Å²) in [6.45, 7) is 2.37. The van der Waals surface area contributed by atoms with E-state index in [2.05, 4.69) is 10.6 Å². The monoisotopic (exact) mass is 365 g/mol. The zero-order chi connectivity index (χ0) is 17.7. The van der Waals surface area contributed by atoms with Gasteiger partial charge in [-0.3, -0.25) is 4.79 Å². The van der Waals surface area contributed by atoms with Crippen LogP contribution in [0.2, 0.25) is 0 Å². The average Bonchev–Trinajstić information content (AvgIpc) is 3.14. The molecule has 2 N–H and O–H groups in total. The number of piperidine rings is 1. The molecule has 1 atom stereocenters. The molecule has 0 radical (unpaired) electrons. The Hall–Kier alpha value is -1.44. The van der Waals surface area contributed by atoms with Crippen molar-refractivity contribution < 1.29 is 13.2 Å². The van der Waals surface area contributed by atoms with E-state index >= 15 is 0 Å². The molecule has 7 heteroatoms. The summed E-state index contributed by atoms with van der Waals surface area (Å²) in [5.74, 6) is -0.0374. The zero-order valence-electron chi connectivity index (χ0n) is 14.5. The molecule has 1 unspecified atom stereocenters. The lowest BCUT2D eigenvalue weighted by atomic mass is 10.1. The molecule has 138 valence electrons. The first-order valence-electron chi connectivity index (χ1n) is 9.15. The van der Waals surface area contributed by atoms with Gasteiger partial charge in [-0.05, 0) is 43.9 Å². The predicted molar refractivity (Wildman–Crippen MR) is 96.5 cm³/mol. The maximum absolute atomic E-state index is 12.9. The topological polar surface area (TPSA) is 78.5 Å². The van der Waals surface area contributed by atoms with E-state index in [1.165, 1.54) is 0 Å². The molecule has 3 rings (SSSR count). The molecule has 2 heterocycles. The van der Waals surface area contributed by atoms with Crippen LogP contribution in [0.25, 0.3) is 0 Å². The van der Waals surface area contributed by atoms with Crippen molar-refractivity contribution in [1.29, 1.82) is 0 Å². The van der Waals surface area contributed by atoms with Crippen LogP contribution in [-0.4, -0.2) is 44.3 Å². The quantitative estimate of drug-likeness (QED) is 0.803. The van der Waals surface area contributed by atoms with Crippen LogP contribution in [-0.2, 0) is 21.4 Å². The van der Waals surface area contributed by atoms with E-state index in [1.54, 1.807) is 22.5 Å². The fraction of sp³-hybridized carbons (Fsp3) is 0.611. The second kappa shape index (κ2) is 8.29. The number of sulfonamides is 1. The van der Waals surface area contributed by atoms with E-state index in [-0.39, 0.29) is 18.5 Å². The molecule has 1 aromatic rings. The highest BCUT2D eigenvalue weighted by atomic mass is 32.2. The number of nitrogens with one attached hydrogen (secondary N) is 2. The fourth-order valence-electron chi connectivity index (χ4n) is 3.57. The summed E-state index contributed by atoms with van der Waals surface area (Å²) in [6, 6.07) is 7.22. The first-order valence-corrected chi connectivity index (χ1v) is 10.6. The number of nitrogens with zero attached hydrogens (tertiary/aromatic N) is 1. The smallest absolute Gasteiger partial charge is 0.243 e. The van der Waals surface area contributed by atoms with Gasteiger partial charge in [0.05, 0.1) is 4.90 Å². The van der Waals surface area contributed by atoms with Gasteiger partial charge in [-0.1, -0.05) is 24.6 Å². The Morgan fingerprint density at radius 1 is 1.16 bits per heavy atom. The Balaban J connectivity index is 1.66. The van der Waals surface area contributed by atoms with Gasteiger partial charge in [0.15, 0.2) is 0 Å². The van der Waals surface area contributed by atoms with E-state index in [4.69, 9.17) is 0 Å². The van der Waals surface area contributed by atoms with Crippen molar-refractivity contribution in [2.24, 2.45) is 0 Å². The maximum Gasteiger partial charge on any atom is 0.243 e. The number of hydrogen-bond acceptors (Lipinski definition) is 4. The van der Waals surface area contributed by atoms with E-state index in [9.17, 15) is 13.2 Å². The molecule has 0 aromatic heterocycles. The maximum atomic E-state index is 12.9. The van der Waals surface area contributed by atoms with Gasteiger partial charge < -0.3 is 10.6 Å². The molecule has 2 aliphatic heterocycles. The van der Waals surface area contributed by atoms with E-state index in [0.29, 0.717) is 30.0 Å². The second-order valence-corrected chi connectivity index (χ2v) is 8.75. The molecule has 2 aliphatic rings. The highest BCUT2D eigenvalue weighted by Crippen LogP contribution is 2.23. The molecule has 2 saturated heterocycles. The minimum Gasteiger partial charge on any atom is -0.352 e. The third-order valence-electron chi connectivity index (χ3n) is 4.98. The lowest BCUT2D eigenvalue weighted by Crippen LogP contribution is -2.36. The highest BCUT2D eigenvalue weighted by Gasteiger charge is 2.28. The van der Waals surface area contributed by atoms with Crippen LogP contribution in [0.5, 0.6) is 0 Å². The molecule has 6 nitrogen and oxygen atoms in total. The fourth-order valence-corrected chi connectivity index (χ4v) is 5.31. The van der Waals surface area contributed by atoms with Crippen molar-refractivity contribution in [2.75, 3.05) is 19.6 Å². The van der Waals surface area contributed by atoms with Crippen molar-refractivity contribution in [3.05, 3.63) is 29.8 Å². The Morgan fingerprint density at radius 2 is 1.92 bits per heavy atom. The summed E-state index contributed by atoms with van der Waals surface area (Å²) in [6.07, 6.45) is 5.47. The van der Waals surface area contributed by atoms with Crippen LogP contribution in [0.4, 0.5) is 0 Å². The molecule has 0 saturated carbocycles. The first kappa shape index (κ1) is 18.4. The SMILES string of the molecule is O=C(CC1CCCN1)NCc1ccccc1S(=O)(=O)N1CCCCC1. The van der Waals surface area contributed by atoms with Crippen LogP contribution in [0.15, 0.2) is 29.2 Å². The number of carbonyl (C=O) groups excluding carboxylic acids is 1. The van der Waals surface area contributed by atoms with Gasteiger partial charge in [-0.15, -0.1) is 0 Å². The number of hydrogen-bond donors (Lipinski definition) is 2. The molecule has 1 amide bonds. The van der Waals surface area contributed by atoms with Gasteiger partial charge in [0.2, 0.25) is 15.9 Å². The Labute approximate surface area is 150 Å². The van der Waals surface area contributed by atoms with E-state index in [1.807, 2.05) is 6.07 Å². The predicted octanol–water partition coefficient (Wildman–Crippen LogP) is 1.62. The number of benzene rings is 1. The largest absolute Gasteiger partial charge is 0.352 e. The summed E-state index contributed by atoms with van der Waals surface area (Å²) < 4.78 is 27.4. The van der Waals surface area contributed by atoms with Crippen molar-refractivity contribution in [3.63, 3.8) is 0 Å². The van der Waals surface area contributed by atoms with Crippen LogP contribution in [0, 0.1) is 0 Å². The third kappa shape index (κ3) is 4.59. The Morgan fingerprint density at radius 3 is 2.64 bits per heavy atom. The lowest BCUT2D eigenvalue weighted by Gasteiger charge is -2.26. The minimum absolute atomic E-state index is 0.0374. The number of carbonyl (C=O) groups is 1. The summed E-state index contributed by atoms with van der Waals surface area (Å²) in [7, 11) is -3.49. The third-order valence-corrected chi connectivity index (χ3v) is 6.97. The highest BCUT2D eigenvalue weighted by molar-refractivity contribution is 7.89. The van der Waals surface area contributed by atoms with Crippen LogP contribution >= 0.6 is 0 Å². The number of amides is 1. The lowest BCUT2D eigenvalue weighted by molar-refractivity contribution is -0.121.